The summed E-state index contributed by atoms with van der Waals surface area (Å²) < 4.78 is 32.7. The van der Waals surface area contributed by atoms with Crippen molar-refractivity contribution in [2.24, 2.45) is 0 Å². The molecular formula is C19H19ClN4O5S. The molecule has 0 N–H and O–H groups in total. The predicted octanol–water partition coefficient (Wildman–Crippen LogP) is 2.29. The molecule has 3 aromatic rings. The minimum Gasteiger partial charge on any atom is -0.438 e. The highest BCUT2D eigenvalue weighted by molar-refractivity contribution is 7.89. The Balaban J connectivity index is 1.86. The number of carbonyl (C=O) groups is 1. The normalized spacial score (nSPS) is 11.7. The molecule has 0 atom stereocenters. The maximum Gasteiger partial charge on any atom is 0.341 e. The van der Waals surface area contributed by atoms with Crippen LogP contribution in [0.2, 0.25) is 5.02 Å². The van der Waals surface area contributed by atoms with E-state index in [9.17, 15) is 18.0 Å². The molecular weight excluding hydrogens is 432 g/mol. The van der Waals surface area contributed by atoms with Crippen LogP contribution in [0.5, 0.6) is 0 Å². The van der Waals surface area contributed by atoms with Crippen LogP contribution in [0.4, 0.5) is 0 Å². The van der Waals surface area contributed by atoms with Crippen molar-refractivity contribution in [3.63, 3.8) is 0 Å². The molecule has 0 radical (unpaired) electrons. The Morgan fingerprint density at radius 1 is 1.17 bits per heavy atom. The largest absolute Gasteiger partial charge is 0.438 e. The van der Waals surface area contributed by atoms with Crippen LogP contribution in [-0.2, 0) is 21.5 Å². The highest BCUT2D eigenvalue weighted by atomic mass is 35.5. The second-order valence-corrected chi connectivity index (χ2v) is 8.55. The molecule has 0 saturated heterocycles. The van der Waals surface area contributed by atoms with Crippen molar-refractivity contribution in [2.75, 3.05) is 13.1 Å². The zero-order valence-electron chi connectivity index (χ0n) is 16.3. The molecule has 0 unspecified atom stereocenters. The van der Waals surface area contributed by atoms with Gasteiger partial charge in [-0.05, 0) is 30.3 Å². The summed E-state index contributed by atoms with van der Waals surface area (Å²) in [6.07, 6.45) is 0. The number of benzene rings is 2. The number of carbonyl (C=O) groups excluding carboxylic acids is 1. The third-order valence-corrected chi connectivity index (χ3v) is 6.82. The molecule has 158 valence electrons. The number of nitrogens with zero attached hydrogens (tertiary/aromatic N) is 4. The number of halogens is 1. The lowest BCUT2D eigenvalue weighted by molar-refractivity contribution is 0.0336. The van der Waals surface area contributed by atoms with Gasteiger partial charge in [0.2, 0.25) is 10.0 Å². The lowest BCUT2D eigenvalue weighted by Crippen LogP contribution is -2.30. The number of esters is 1. The summed E-state index contributed by atoms with van der Waals surface area (Å²) in [5, 5.41) is 7.99. The summed E-state index contributed by atoms with van der Waals surface area (Å²) in [5.74, 6) is -0.890. The van der Waals surface area contributed by atoms with Gasteiger partial charge in [0.1, 0.15) is 5.52 Å². The number of fused-ring (bicyclic) bond motifs is 1. The Kier molecular flexibility index (Phi) is 6.49. The maximum absolute atomic E-state index is 12.7. The zero-order chi connectivity index (χ0) is 21.9. The van der Waals surface area contributed by atoms with E-state index in [0.717, 1.165) is 10.7 Å². The van der Waals surface area contributed by atoms with Gasteiger partial charge in [-0.2, -0.15) is 8.99 Å². The van der Waals surface area contributed by atoms with E-state index in [0.29, 0.717) is 10.9 Å². The topological polar surface area (TPSA) is 111 Å². The SMILES string of the molecule is CCN(CC)S(=O)(=O)c1ccc(Cl)c(C(=O)OCn2nnc3ccccc3c2=O)c1. The summed E-state index contributed by atoms with van der Waals surface area (Å²) >= 11 is 6.07. The van der Waals surface area contributed by atoms with Gasteiger partial charge in [-0.25, -0.2) is 13.2 Å². The molecule has 0 saturated carbocycles. The lowest BCUT2D eigenvalue weighted by atomic mass is 10.2. The molecule has 11 heteroatoms. The molecule has 0 fully saturated rings. The van der Waals surface area contributed by atoms with Crippen LogP contribution in [0.1, 0.15) is 24.2 Å². The second-order valence-electron chi connectivity index (χ2n) is 6.20. The van der Waals surface area contributed by atoms with Gasteiger partial charge in [0, 0.05) is 13.1 Å². The average molecular weight is 451 g/mol. The number of ether oxygens (including phenoxy) is 1. The number of rotatable bonds is 7. The van der Waals surface area contributed by atoms with Crippen LogP contribution in [0.15, 0.2) is 52.2 Å². The Hall–Kier alpha value is -2.82. The van der Waals surface area contributed by atoms with Gasteiger partial charge in [-0.3, -0.25) is 4.79 Å². The van der Waals surface area contributed by atoms with E-state index in [1.54, 1.807) is 38.1 Å². The highest BCUT2D eigenvalue weighted by Gasteiger charge is 2.24. The minimum absolute atomic E-state index is 0.0236. The number of sulfonamides is 1. The van der Waals surface area contributed by atoms with Crippen LogP contribution >= 0.6 is 11.6 Å². The van der Waals surface area contributed by atoms with Crippen molar-refractivity contribution in [3.05, 3.63) is 63.4 Å². The first kappa shape index (κ1) is 21.9. The second kappa shape index (κ2) is 8.90. The highest BCUT2D eigenvalue weighted by Crippen LogP contribution is 2.23. The molecule has 1 aromatic heterocycles. The molecule has 0 aliphatic carbocycles. The van der Waals surface area contributed by atoms with Gasteiger partial charge < -0.3 is 4.74 Å². The fraction of sp³-hybridized carbons (Fsp3) is 0.263. The summed E-state index contributed by atoms with van der Waals surface area (Å²) in [6, 6.07) is 10.4. The zero-order valence-corrected chi connectivity index (χ0v) is 17.9. The van der Waals surface area contributed by atoms with E-state index in [2.05, 4.69) is 10.3 Å². The van der Waals surface area contributed by atoms with Gasteiger partial charge in [-0.15, -0.1) is 5.10 Å². The quantitative estimate of drug-likeness (QED) is 0.507. The van der Waals surface area contributed by atoms with E-state index in [1.165, 1.54) is 16.4 Å². The van der Waals surface area contributed by atoms with Crippen LogP contribution < -0.4 is 5.56 Å². The maximum atomic E-state index is 12.7. The number of hydrogen-bond acceptors (Lipinski definition) is 7. The molecule has 0 amide bonds. The molecule has 0 spiro atoms. The van der Waals surface area contributed by atoms with Crippen molar-refractivity contribution >= 4 is 38.5 Å². The fourth-order valence-electron chi connectivity index (χ4n) is 2.84. The van der Waals surface area contributed by atoms with Crippen molar-refractivity contribution < 1.29 is 17.9 Å². The van der Waals surface area contributed by atoms with Gasteiger partial charge in [0.25, 0.3) is 5.56 Å². The van der Waals surface area contributed by atoms with Gasteiger partial charge in [-0.1, -0.05) is 42.8 Å². The van der Waals surface area contributed by atoms with Gasteiger partial charge >= 0.3 is 5.97 Å². The third kappa shape index (κ3) is 4.20. The fourth-order valence-corrected chi connectivity index (χ4v) is 4.52. The Morgan fingerprint density at radius 3 is 2.57 bits per heavy atom. The monoisotopic (exact) mass is 450 g/mol. The first-order valence-electron chi connectivity index (χ1n) is 9.09. The van der Waals surface area contributed by atoms with E-state index >= 15 is 0 Å². The van der Waals surface area contributed by atoms with Crippen molar-refractivity contribution in [1.82, 2.24) is 19.3 Å². The summed E-state index contributed by atoms with van der Waals surface area (Å²) in [4.78, 5) is 24.9. The Labute approximate surface area is 177 Å². The first-order chi connectivity index (χ1) is 14.3. The van der Waals surface area contributed by atoms with E-state index in [-0.39, 0.29) is 28.6 Å². The first-order valence-corrected chi connectivity index (χ1v) is 10.9. The van der Waals surface area contributed by atoms with E-state index in [1.807, 2.05) is 0 Å². The minimum atomic E-state index is -3.78. The molecule has 2 aromatic carbocycles. The van der Waals surface area contributed by atoms with Crippen LogP contribution in [0, 0.1) is 0 Å². The molecule has 0 aliphatic rings. The molecule has 1 heterocycles. The molecule has 30 heavy (non-hydrogen) atoms. The number of aromatic nitrogens is 3. The van der Waals surface area contributed by atoms with Gasteiger partial charge in [0.05, 0.1) is 20.9 Å². The molecule has 0 aliphatic heterocycles. The molecule has 3 rings (SSSR count). The van der Waals surface area contributed by atoms with Crippen molar-refractivity contribution in [1.29, 1.82) is 0 Å². The van der Waals surface area contributed by atoms with Crippen molar-refractivity contribution in [3.8, 4) is 0 Å². The van der Waals surface area contributed by atoms with Crippen molar-refractivity contribution in [2.45, 2.75) is 25.5 Å². The molecule has 9 nitrogen and oxygen atoms in total. The van der Waals surface area contributed by atoms with Crippen LogP contribution in [-0.4, -0.2) is 46.8 Å². The average Bonchev–Trinajstić information content (AvgIpc) is 2.74. The van der Waals surface area contributed by atoms with E-state index < -0.39 is 28.3 Å². The Bertz CT molecular complexity index is 1260. The van der Waals surface area contributed by atoms with Crippen LogP contribution in [0.3, 0.4) is 0 Å². The number of hydrogen-bond donors (Lipinski definition) is 0. The predicted molar refractivity (Wildman–Crippen MR) is 111 cm³/mol. The Morgan fingerprint density at radius 2 is 1.87 bits per heavy atom. The molecule has 0 bridgehead atoms. The standard InChI is InChI=1S/C19H19ClN4O5S/c1-3-23(4-2)30(27,28)13-9-10-16(20)15(11-13)19(26)29-12-24-18(25)14-7-5-6-8-17(14)21-22-24/h5-11H,3-4,12H2,1-2H3. The summed E-state index contributed by atoms with van der Waals surface area (Å²) in [7, 11) is -3.78. The van der Waals surface area contributed by atoms with Crippen LogP contribution in [0.25, 0.3) is 10.9 Å². The summed E-state index contributed by atoms with van der Waals surface area (Å²) in [5.41, 5.74) is -0.188. The summed E-state index contributed by atoms with van der Waals surface area (Å²) in [6.45, 7) is 3.50. The smallest absolute Gasteiger partial charge is 0.341 e. The third-order valence-electron chi connectivity index (χ3n) is 4.45. The van der Waals surface area contributed by atoms with Gasteiger partial charge in [0.15, 0.2) is 6.73 Å². The lowest BCUT2D eigenvalue weighted by Gasteiger charge is -2.19. The van der Waals surface area contributed by atoms with E-state index in [4.69, 9.17) is 16.3 Å².